The van der Waals surface area contributed by atoms with Crippen LogP contribution in [0.15, 0.2) is 0 Å². The predicted octanol–water partition coefficient (Wildman–Crippen LogP) is 1.90. The van der Waals surface area contributed by atoms with Gasteiger partial charge in [-0.1, -0.05) is 26.7 Å². The van der Waals surface area contributed by atoms with E-state index in [-0.39, 0.29) is 0 Å². The maximum absolute atomic E-state index is 11.5. The SMILES string of the molecule is CCCC(N)C1CC(CN2CCS(=O)(=O)CC2)CCC1C. The Morgan fingerprint density at radius 2 is 1.90 bits per heavy atom. The van der Waals surface area contributed by atoms with Crippen molar-refractivity contribution in [1.82, 2.24) is 4.90 Å². The second kappa shape index (κ2) is 7.42. The third-order valence-corrected chi connectivity index (χ3v) is 7.10. The third-order valence-electron chi connectivity index (χ3n) is 5.49. The molecular formula is C16H32N2O2S. The zero-order valence-corrected chi connectivity index (χ0v) is 14.4. The smallest absolute Gasteiger partial charge is 0.152 e. The van der Waals surface area contributed by atoms with Crippen LogP contribution >= 0.6 is 0 Å². The molecule has 2 N–H and O–H groups in total. The summed E-state index contributed by atoms with van der Waals surface area (Å²) in [6.45, 7) is 7.07. The van der Waals surface area contributed by atoms with Crippen LogP contribution in [0.5, 0.6) is 0 Å². The van der Waals surface area contributed by atoms with Gasteiger partial charge in [-0.3, -0.25) is 0 Å². The first-order valence-electron chi connectivity index (χ1n) is 8.59. The van der Waals surface area contributed by atoms with Crippen LogP contribution in [0.3, 0.4) is 0 Å². The molecule has 4 unspecified atom stereocenters. The van der Waals surface area contributed by atoms with Crippen LogP contribution in [0.2, 0.25) is 0 Å². The van der Waals surface area contributed by atoms with Crippen molar-refractivity contribution in [3.8, 4) is 0 Å². The van der Waals surface area contributed by atoms with Crippen LogP contribution in [0.4, 0.5) is 0 Å². The van der Waals surface area contributed by atoms with Gasteiger partial charge in [0.1, 0.15) is 0 Å². The summed E-state index contributed by atoms with van der Waals surface area (Å²) in [5, 5.41) is 0. The molecule has 2 aliphatic rings. The summed E-state index contributed by atoms with van der Waals surface area (Å²) in [5.74, 6) is 2.78. The molecule has 4 nitrogen and oxygen atoms in total. The van der Waals surface area contributed by atoms with Crippen LogP contribution in [-0.4, -0.2) is 50.5 Å². The van der Waals surface area contributed by atoms with Gasteiger partial charge in [-0.2, -0.15) is 0 Å². The van der Waals surface area contributed by atoms with Crippen LogP contribution in [0, 0.1) is 17.8 Å². The van der Waals surface area contributed by atoms with Crippen molar-refractivity contribution in [2.24, 2.45) is 23.5 Å². The lowest BCUT2D eigenvalue weighted by molar-refractivity contribution is 0.126. The van der Waals surface area contributed by atoms with Crippen LogP contribution < -0.4 is 5.73 Å². The molecule has 4 atom stereocenters. The summed E-state index contributed by atoms with van der Waals surface area (Å²) in [6.07, 6.45) is 6.08. The molecule has 0 spiro atoms. The van der Waals surface area contributed by atoms with Crippen molar-refractivity contribution in [1.29, 1.82) is 0 Å². The van der Waals surface area contributed by atoms with Crippen molar-refractivity contribution < 1.29 is 8.42 Å². The number of rotatable bonds is 5. The molecular weight excluding hydrogens is 284 g/mol. The highest BCUT2D eigenvalue weighted by molar-refractivity contribution is 7.91. The molecule has 1 saturated heterocycles. The van der Waals surface area contributed by atoms with E-state index in [0.29, 0.717) is 29.4 Å². The average molecular weight is 317 g/mol. The van der Waals surface area contributed by atoms with Crippen LogP contribution in [0.1, 0.15) is 46.0 Å². The average Bonchev–Trinajstić information content (AvgIpc) is 2.43. The van der Waals surface area contributed by atoms with Crippen LogP contribution in [0.25, 0.3) is 0 Å². The molecule has 0 aromatic rings. The van der Waals surface area contributed by atoms with Gasteiger partial charge in [0.15, 0.2) is 9.84 Å². The van der Waals surface area contributed by atoms with E-state index in [2.05, 4.69) is 18.7 Å². The molecule has 1 aliphatic carbocycles. The molecule has 2 fully saturated rings. The highest BCUT2D eigenvalue weighted by Crippen LogP contribution is 2.36. The number of hydrogen-bond donors (Lipinski definition) is 1. The second-order valence-corrected chi connectivity index (χ2v) is 9.53. The number of nitrogens with two attached hydrogens (primary N) is 1. The van der Waals surface area contributed by atoms with Gasteiger partial charge >= 0.3 is 0 Å². The fourth-order valence-corrected chi connectivity index (χ4v) is 5.33. The Morgan fingerprint density at radius 1 is 1.24 bits per heavy atom. The summed E-state index contributed by atoms with van der Waals surface area (Å²) in [7, 11) is -2.76. The maximum Gasteiger partial charge on any atom is 0.152 e. The Morgan fingerprint density at radius 3 is 2.52 bits per heavy atom. The molecule has 124 valence electrons. The summed E-state index contributed by atoms with van der Waals surface area (Å²) in [5.41, 5.74) is 6.39. The highest BCUT2D eigenvalue weighted by Gasteiger charge is 2.33. The summed E-state index contributed by atoms with van der Waals surface area (Å²) in [6, 6.07) is 0.342. The zero-order chi connectivity index (χ0) is 15.5. The van der Waals surface area contributed by atoms with Gasteiger partial charge in [-0.05, 0) is 37.0 Å². The first kappa shape index (κ1) is 17.2. The van der Waals surface area contributed by atoms with Crippen molar-refractivity contribution >= 4 is 9.84 Å². The first-order valence-corrected chi connectivity index (χ1v) is 10.4. The predicted molar refractivity (Wildman–Crippen MR) is 88.0 cm³/mol. The second-order valence-electron chi connectivity index (χ2n) is 7.23. The molecule has 0 aromatic heterocycles. The first-order chi connectivity index (χ1) is 9.91. The van der Waals surface area contributed by atoms with E-state index >= 15 is 0 Å². The fourth-order valence-electron chi connectivity index (χ4n) is 4.06. The summed E-state index contributed by atoms with van der Waals surface area (Å²) in [4.78, 5) is 2.35. The molecule has 21 heavy (non-hydrogen) atoms. The molecule has 5 heteroatoms. The van der Waals surface area contributed by atoms with E-state index in [4.69, 9.17) is 5.73 Å². The lowest BCUT2D eigenvalue weighted by atomic mass is 9.71. The minimum Gasteiger partial charge on any atom is -0.327 e. The molecule has 1 aliphatic heterocycles. The van der Waals surface area contributed by atoms with E-state index in [0.717, 1.165) is 32.0 Å². The Kier molecular flexibility index (Phi) is 6.09. The van der Waals surface area contributed by atoms with E-state index in [1.54, 1.807) is 0 Å². The monoisotopic (exact) mass is 316 g/mol. The minimum absolute atomic E-state index is 0.342. The van der Waals surface area contributed by atoms with Gasteiger partial charge < -0.3 is 10.6 Å². The lowest BCUT2D eigenvalue weighted by Gasteiger charge is -2.40. The van der Waals surface area contributed by atoms with Crippen molar-refractivity contribution in [2.45, 2.75) is 52.0 Å². The molecule has 0 aromatic carbocycles. The lowest BCUT2D eigenvalue weighted by Crippen LogP contribution is -2.45. The van der Waals surface area contributed by atoms with E-state index in [1.807, 2.05) is 0 Å². The van der Waals surface area contributed by atoms with Crippen LogP contribution in [-0.2, 0) is 9.84 Å². The molecule has 0 amide bonds. The molecule has 0 radical (unpaired) electrons. The number of nitrogens with zero attached hydrogens (tertiary/aromatic N) is 1. The Labute approximate surface area is 130 Å². The third kappa shape index (κ3) is 4.93. The largest absolute Gasteiger partial charge is 0.327 e. The van der Waals surface area contributed by atoms with Gasteiger partial charge in [-0.15, -0.1) is 0 Å². The zero-order valence-electron chi connectivity index (χ0n) is 13.6. The Hall–Kier alpha value is -0.130. The van der Waals surface area contributed by atoms with E-state index in [9.17, 15) is 8.42 Å². The minimum atomic E-state index is -2.76. The number of sulfone groups is 1. The van der Waals surface area contributed by atoms with E-state index in [1.165, 1.54) is 25.7 Å². The van der Waals surface area contributed by atoms with Gasteiger partial charge in [-0.25, -0.2) is 8.42 Å². The van der Waals surface area contributed by atoms with Crippen molar-refractivity contribution in [2.75, 3.05) is 31.1 Å². The topological polar surface area (TPSA) is 63.4 Å². The summed E-state index contributed by atoms with van der Waals surface area (Å²) < 4.78 is 23.0. The van der Waals surface area contributed by atoms with E-state index < -0.39 is 9.84 Å². The molecule has 1 saturated carbocycles. The van der Waals surface area contributed by atoms with Gasteiger partial charge in [0, 0.05) is 25.7 Å². The molecule has 2 rings (SSSR count). The molecule has 1 heterocycles. The molecule has 0 bridgehead atoms. The maximum atomic E-state index is 11.5. The quantitative estimate of drug-likeness (QED) is 0.841. The Balaban J connectivity index is 1.84. The fraction of sp³-hybridized carbons (Fsp3) is 1.00. The number of hydrogen-bond acceptors (Lipinski definition) is 4. The van der Waals surface area contributed by atoms with Crippen molar-refractivity contribution in [3.63, 3.8) is 0 Å². The normalized spacial score (nSPS) is 35.5. The summed E-state index contributed by atoms with van der Waals surface area (Å²) >= 11 is 0. The Bertz CT molecular complexity index is 410. The standard InChI is InChI=1S/C16H32N2O2S/c1-3-4-16(17)15-11-14(6-5-13(15)2)12-18-7-9-21(19,20)10-8-18/h13-16H,3-12,17H2,1-2H3. The van der Waals surface area contributed by atoms with Gasteiger partial charge in [0.05, 0.1) is 11.5 Å². The highest BCUT2D eigenvalue weighted by atomic mass is 32.2. The van der Waals surface area contributed by atoms with Crippen molar-refractivity contribution in [3.05, 3.63) is 0 Å². The van der Waals surface area contributed by atoms with Gasteiger partial charge in [0.25, 0.3) is 0 Å². The van der Waals surface area contributed by atoms with Gasteiger partial charge in [0.2, 0.25) is 0 Å².